The molecule has 0 radical (unpaired) electrons. The zero-order chi connectivity index (χ0) is 38.2. The Kier molecular flexibility index (Phi) is 13.7. The SMILES string of the molecule is COC(=O)C1CCC(NC(=O)c2ccc(-c3ccc(C[C@H](NC(=O)[C@H]4CC[C@H](CN)CC4)C(=O)Nc4ccc(-c5nnn[nH]5)cc4)cc3)c(C)c2)C(=O)N1.Cl. The lowest BCUT2D eigenvalue weighted by Gasteiger charge is -2.28. The number of tetrazole rings is 1. The Balaban J connectivity index is 0.00000580. The predicted molar refractivity (Wildman–Crippen MR) is 207 cm³/mol. The van der Waals surface area contributed by atoms with Gasteiger partial charge in [0.25, 0.3) is 5.91 Å². The van der Waals surface area contributed by atoms with Crippen molar-refractivity contribution in [1.29, 1.82) is 0 Å². The second-order valence-corrected chi connectivity index (χ2v) is 13.9. The molecule has 1 saturated heterocycles. The van der Waals surface area contributed by atoms with E-state index in [9.17, 15) is 24.0 Å². The zero-order valence-corrected chi connectivity index (χ0v) is 31.5. The van der Waals surface area contributed by atoms with Gasteiger partial charge in [-0.1, -0.05) is 30.3 Å². The number of carbonyl (C=O) groups excluding carboxylic acids is 5. The Morgan fingerprint density at radius 2 is 1.64 bits per heavy atom. The first-order valence-electron chi connectivity index (χ1n) is 18.2. The van der Waals surface area contributed by atoms with Crippen molar-refractivity contribution < 1.29 is 28.7 Å². The molecule has 4 aromatic rings. The van der Waals surface area contributed by atoms with Crippen LogP contribution in [0.3, 0.4) is 0 Å². The summed E-state index contributed by atoms with van der Waals surface area (Å²) >= 11 is 0. The molecule has 16 heteroatoms. The van der Waals surface area contributed by atoms with Gasteiger partial charge in [0.2, 0.25) is 17.7 Å². The topological polar surface area (TPSA) is 223 Å². The van der Waals surface area contributed by atoms with Crippen LogP contribution in [-0.4, -0.2) is 82.0 Å². The summed E-state index contributed by atoms with van der Waals surface area (Å²) in [5.41, 5.74) is 11.1. The third-order valence-electron chi connectivity index (χ3n) is 10.3. The average molecular weight is 772 g/mol. The molecule has 6 rings (SSSR count). The molecular formula is C39H46ClN9O6. The molecular weight excluding hydrogens is 726 g/mol. The quantitative estimate of drug-likeness (QED) is 0.115. The van der Waals surface area contributed by atoms with Crippen LogP contribution in [0.2, 0.25) is 0 Å². The van der Waals surface area contributed by atoms with Crippen LogP contribution >= 0.6 is 12.4 Å². The van der Waals surface area contributed by atoms with Gasteiger partial charge in [-0.2, -0.15) is 0 Å². The molecule has 1 saturated carbocycles. The fourth-order valence-corrected chi connectivity index (χ4v) is 7.07. The molecule has 0 spiro atoms. The van der Waals surface area contributed by atoms with Crippen molar-refractivity contribution >= 4 is 47.7 Å². The molecule has 2 heterocycles. The van der Waals surface area contributed by atoms with Crippen LogP contribution in [0.25, 0.3) is 22.5 Å². The average Bonchev–Trinajstić information content (AvgIpc) is 3.74. The van der Waals surface area contributed by atoms with Crippen molar-refractivity contribution in [3.8, 4) is 22.5 Å². The molecule has 290 valence electrons. The van der Waals surface area contributed by atoms with E-state index in [1.54, 1.807) is 36.4 Å². The number of halogens is 1. The van der Waals surface area contributed by atoms with Crippen molar-refractivity contribution in [2.75, 3.05) is 19.0 Å². The third kappa shape index (κ3) is 10.1. The number of nitrogens with zero attached hydrogens (tertiary/aromatic N) is 3. The molecule has 1 aliphatic carbocycles. The second-order valence-electron chi connectivity index (χ2n) is 13.9. The second kappa shape index (κ2) is 18.6. The van der Waals surface area contributed by atoms with Gasteiger partial charge in [0, 0.05) is 29.2 Å². The van der Waals surface area contributed by atoms with Crippen molar-refractivity contribution in [2.24, 2.45) is 17.6 Å². The number of H-pyrrole nitrogens is 1. The van der Waals surface area contributed by atoms with Gasteiger partial charge in [0.05, 0.1) is 7.11 Å². The summed E-state index contributed by atoms with van der Waals surface area (Å²) in [4.78, 5) is 64.5. The van der Waals surface area contributed by atoms with Crippen molar-refractivity contribution in [3.63, 3.8) is 0 Å². The van der Waals surface area contributed by atoms with Crippen LogP contribution in [0, 0.1) is 18.8 Å². The van der Waals surface area contributed by atoms with E-state index >= 15 is 0 Å². The number of aromatic nitrogens is 4. The maximum absolute atomic E-state index is 13.7. The van der Waals surface area contributed by atoms with E-state index in [4.69, 9.17) is 10.5 Å². The first-order valence-corrected chi connectivity index (χ1v) is 18.2. The number of aryl methyl sites for hydroxylation is 1. The van der Waals surface area contributed by atoms with Gasteiger partial charge < -0.3 is 31.7 Å². The van der Waals surface area contributed by atoms with E-state index in [0.717, 1.165) is 53.5 Å². The summed E-state index contributed by atoms with van der Waals surface area (Å²) in [6, 6.07) is 17.9. The van der Waals surface area contributed by atoms with Gasteiger partial charge in [-0.25, -0.2) is 9.89 Å². The largest absolute Gasteiger partial charge is 0.467 e. The highest BCUT2D eigenvalue weighted by Crippen LogP contribution is 2.29. The Morgan fingerprint density at radius 1 is 0.927 bits per heavy atom. The number of carbonyl (C=O) groups is 5. The molecule has 2 unspecified atom stereocenters. The minimum atomic E-state index is -0.828. The number of nitrogens with two attached hydrogens (primary N) is 1. The fraction of sp³-hybridized carbons (Fsp3) is 0.385. The highest BCUT2D eigenvalue weighted by Gasteiger charge is 2.33. The Hall–Kier alpha value is -5.67. The first kappa shape index (κ1) is 40.5. The van der Waals surface area contributed by atoms with E-state index in [2.05, 4.69) is 41.9 Å². The van der Waals surface area contributed by atoms with E-state index < -0.39 is 35.9 Å². The normalized spacial score (nSPS) is 19.9. The van der Waals surface area contributed by atoms with Gasteiger partial charge in [0.15, 0.2) is 5.82 Å². The number of rotatable bonds is 12. The number of aromatic amines is 1. The number of esters is 1. The number of nitrogens with one attached hydrogen (secondary N) is 5. The summed E-state index contributed by atoms with van der Waals surface area (Å²) in [7, 11) is 1.26. The summed E-state index contributed by atoms with van der Waals surface area (Å²) in [6.07, 6.45) is 4.21. The lowest BCUT2D eigenvalue weighted by atomic mass is 9.81. The maximum atomic E-state index is 13.7. The minimum Gasteiger partial charge on any atom is -0.467 e. The maximum Gasteiger partial charge on any atom is 0.328 e. The van der Waals surface area contributed by atoms with Crippen LogP contribution in [0.1, 0.15) is 60.0 Å². The number of ether oxygens (including phenoxy) is 1. The van der Waals surface area contributed by atoms with E-state index in [1.165, 1.54) is 7.11 Å². The standard InChI is InChI=1S/C39H45N9O6.ClH/c1-22-19-28(36(50)42-31-17-18-32(39(53)54-2)43-37(31)51)13-16-30(22)25-7-3-23(4-8-25)20-33(44-35(49)27-9-5-24(21-40)6-10-27)38(52)41-29-14-11-26(12-15-29)34-45-47-48-46-34;/h3-4,7-8,11-16,19,24,27,31-33H,5-6,9-10,17-18,20-21,40H2,1-2H3,(H,41,52)(H,42,50)(H,43,51)(H,44,49)(H,45,46,47,48);1H/t24-,27-,31?,32?,33-;/m0./s1. The van der Waals surface area contributed by atoms with Crippen LogP contribution in [0.15, 0.2) is 66.7 Å². The van der Waals surface area contributed by atoms with Crippen molar-refractivity contribution in [3.05, 3.63) is 83.4 Å². The first-order chi connectivity index (χ1) is 26.1. The van der Waals surface area contributed by atoms with E-state index in [0.29, 0.717) is 42.4 Å². The Morgan fingerprint density at radius 3 is 2.25 bits per heavy atom. The minimum absolute atomic E-state index is 0. The molecule has 3 atom stereocenters. The van der Waals surface area contributed by atoms with E-state index in [-0.39, 0.29) is 36.6 Å². The van der Waals surface area contributed by atoms with Crippen molar-refractivity contribution in [2.45, 2.75) is 70.0 Å². The summed E-state index contributed by atoms with van der Waals surface area (Å²) in [5.74, 6) is -1.05. The molecule has 1 aromatic heterocycles. The van der Waals surface area contributed by atoms with E-state index in [1.807, 2.05) is 37.3 Å². The van der Waals surface area contributed by atoms with Crippen LogP contribution in [-0.2, 0) is 30.3 Å². The molecule has 0 bridgehead atoms. The molecule has 1 aliphatic heterocycles. The fourth-order valence-electron chi connectivity index (χ4n) is 7.07. The highest BCUT2D eigenvalue weighted by molar-refractivity contribution is 5.99. The molecule has 55 heavy (non-hydrogen) atoms. The molecule has 4 amide bonds. The van der Waals surface area contributed by atoms with Crippen LogP contribution in [0.5, 0.6) is 0 Å². The predicted octanol–water partition coefficient (Wildman–Crippen LogP) is 3.25. The number of methoxy groups -OCH3 is 1. The molecule has 2 fully saturated rings. The van der Waals surface area contributed by atoms with Gasteiger partial charge in [0.1, 0.15) is 18.1 Å². The van der Waals surface area contributed by atoms with Gasteiger partial charge in [-0.15, -0.1) is 17.5 Å². The lowest BCUT2D eigenvalue weighted by molar-refractivity contribution is -0.146. The number of piperidine rings is 1. The van der Waals surface area contributed by atoms with Gasteiger partial charge >= 0.3 is 5.97 Å². The number of hydrogen-bond donors (Lipinski definition) is 6. The number of anilines is 1. The molecule has 2 aliphatic rings. The highest BCUT2D eigenvalue weighted by atomic mass is 35.5. The van der Waals surface area contributed by atoms with Gasteiger partial charge in [-0.3, -0.25) is 19.2 Å². The summed E-state index contributed by atoms with van der Waals surface area (Å²) in [5, 5.41) is 25.2. The summed E-state index contributed by atoms with van der Waals surface area (Å²) in [6.45, 7) is 2.52. The number of hydrogen-bond acceptors (Lipinski definition) is 10. The molecule has 7 N–H and O–H groups in total. The smallest absolute Gasteiger partial charge is 0.328 e. The Bertz CT molecular complexity index is 1970. The van der Waals surface area contributed by atoms with Crippen LogP contribution in [0.4, 0.5) is 5.69 Å². The van der Waals surface area contributed by atoms with Crippen LogP contribution < -0.4 is 27.0 Å². The van der Waals surface area contributed by atoms with Crippen molar-refractivity contribution in [1.82, 2.24) is 36.6 Å². The Labute approximate surface area is 324 Å². The number of benzene rings is 3. The monoisotopic (exact) mass is 771 g/mol. The number of amides is 4. The lowest BCUT2D eigenvalue weighted by Crippen LogP contribution is -2.56. The molecule has 15 nitrogen and oxygen atoms in total. The van der Waals surface area contributed by atoms with Gasteiger partial charge in [-0.05, 0) is 127 Å². The summed E-state index contributed by atoms with van der Waals surface area (Å²) < 4.78 is 4.71. The molecule has 3 aromatic carbocycles. The third-order valence-corrected chi connectivity index (χ3v) is 10.3. The zero-order valence-electron chi connectivity index (χ0n) is 30.7.